The second-order valence-electron chi connectivity index (χ2n) is 6.70. The Morgan fingerprint density at radius 2 is 1.27 bits per heavy atom. The molecule has 0 saturated carbocycles. The third kappa shape index (κ3) is 4.16. The maximum atomic E-state index is 10.7. The highest BCUT2D eigenvalue weighted by Gasteiger charge is 2.40. The summed E-state index contributed by atoms with van der Waals surface area (Å²) >= 11 is 0. The maximum Gasteiger partial charge on any atom is 0.485 e. The number of nitrogens with zero attached hydrogens (tertiary/aromatic N) is 1. The molecule has 0 N–H and O–H groups in total. The van der Waals surface area contributed by atoms with Crippen LogP contribution in [0.4, 0.5) is 24.5 Å². The molecule has 0 spiro atoms. The van der Waals surface area contributed by atoms with Crippen molar-refractivity contribution in [3.05, 3.63) is 96.1 Å². The first-order valence-electron chi connectivity index (χ1n) is 8.87. The van der Waals surface area contributed by atoms with Crippen molar-refractivity contribution in [2.45, 2.75) is 5.51 Å². The molecule has 3 aromatic rings. The van der Waals surface area contributed by atoms with E-state index in [0.29, 0.717) is 4.48 Å². The van der Waals surface area contributed by atoms with E-state index in [4.69, 9.17) is 13.0 Å². The van der Waals surface area contributed by atoms with Crippen LogP contribution < -0.4 is 4.48 Å². The molecule has 4 rings (SSSR count). The highest BCUT2D eigenvalue weighted by atomic mass is 32.2. The van der Waals surface area contributed by atoms with Gasteiger partial charge in [-0.1, -0.05) is 48.5 Å². The van der Waals surface area contributed by atoms with Gasteiger partial charge in [-0.15, -0.1) is 0 Å². The molecule has 0 aromatic heterocycles. The Bertz CT molecular complexity index is 1160. The summed E-state index contributed by atoms with van der Waals surface area (Å²) in [4.78, 5) is 0. The Kier molecular flexibility index (Phi) is 5.85. The number of benzene rings is 3. The number of alkyl halides is 3. The van der Waals surface area contributed by atoms with Crippen LogP contribution in [0.1, 0.15) is 11.1 Å². The fourth-order valence-electron chi connectivity index (χ4n) is 3.38. The lowest BCUT2D eigenvalue weighted by atomic mass is 10.1. The van der Waals surface area contributed by atoms with Gasteiger partial charge in [0.2, 0.25) is 0 Å². The first kappa shape index (κ1) is 21.8. The van der Waals surface area contributed by atoms with Crippen LogP contribution in [-0.2, 0) is 10.1 Å². The zero-order chi connectivity index (χ0) is 22.0. The predicted octanol–water partition coefficient (Wildman–Crippen LogP) is 5.52. The van der Waals surface area contributed by atoms with Crippen molar-refractivity contribution in [3.63, 3.8) is 0 Å². The average molecular weight is 433 g/mol. The van der Waals surface area contributed by atoms with E-state index in [9.17, 15) is 13.2 Å². The average Bonchev–Trinajstić information content (AvgIpc) is 3.02. The number of fused-ring (bicyclic) bond motifs is 1. The summed E-state index contributed by atoms with van der Waals surface area (Å²) in [5.41, 5.74) is 0.841. The van der Waals surface area contributed by atoms with Gasteiger partial charge in [0.1, 0.15) is 11.4 Å². The monoisotopic (exact) mass is 433 g/mol. The topological polar surface area (TPSA) is 57.2 Å². The van der Waals surface area contributed by atoms with Gasteiger partial charge < -0.3 is 4.55 Å². The first-order valence-corrected chi connectivity index (χ1v) is 10.3. The molecule has 0 aliphatic carbocycles. The van der Waals surface area contributed by atoms with Gasteiger partial charge in [-0.25, -0.2) is 12.9 Å². The van der Waals surface area contributed by atoms with Crippen LogP contribution in [0.5, 0.6) is 0 Å². The molecule has 0 amide bonds. The number of para-hydroxylation sites is 2. The second kappa shape index (κ2) is 8.06. The van der Waals surface area contributed by atoms with Crippen LogP contribution in [0.3, 0.4) is 0 Å². The van der Waals surface area contributed by atoms with Crippen molar-refractivity contribution >= 4 is 33.3 Å². The van der Waals surface area contributed by atoms with E-state index in [1.54, 1.807) is 0 Å². The fourth-order valence-corrected chi connectivity index (χ4v) is 3.38. The first-order chi connectivity index (χ1) is 14.0. The summed E-state index contributed by atoms with van der Waals surface area (Å²) in [6.07, 6.45) is 2.32. The van der Waals surface area contributed by atoms with E-state index in [0.717, 1.165) is 0 Å². The minimum absolute atomic E-state index is 0.709. The highest BCUT2D eigenvalue weighted by molar-refractivity contribution is 7.86. The molecule has 156 valence electrons. The van der Waals surface area contributed by atoms with Crippen LogP contribution in [0.2, 0.25) is 0 Å². The van der Waals surface area contributed by atoms with E-state index in [1.165, 1.54) is 28.2 Å². The normalized spacial score (nSPS) is 18.1. The molecule has 0 saturated heterocycles. The fraction of sp³-hybridized carbons (Fsp3) is 0.0909. The molecule has 3 aromatic carbocycles. The second-order valence-corrected chi connectivity index (χ2v) is 8.07. The summed E-state index contributed by atoms with van der Waals surface area (Å²) in [5, 5.41) is 0. The van der Waals surface area contributed by atoms with Gasteiger partial charge in [0.05, 0.1) is 7.05 Å². The lowest BCUT2D eigenvalue weighted by molar-refractivity contribution is -0.0517. The van der Waals surface area contributed by atoms with Gasteiger partial charge in [0.25, 0.3) is 0 Å². The van der Waals surface area contributed by atoms with E-state index >= 15 is 0 Å². The Hall–Kier alpha value is -2.94. The van der Waals surface area contributed by atoms with Gasteiger partial charge >= 0.3 is 5.51 Å². The van der Waals surface area contributed by atoms with Crippen molar-refractivity contribution in [1.82, 2.24) is 4.48 Å². The molecule has 0 fully saturated rings. The molecule has 0 bridgehead atoms. The summed E-state index contributed by atoms with van der Waals surface area (Å²) in [6.45, 7) is 0. The summed E-state index contributed by atoms with van der Waals surface area (Å²) in [7, 11) is -3.81. The maximum absolute atomic E-state index is 10.7. The van der Waals surface area contributed by atoms with Gasteiger partial charge in [-0.2, -0.15) is 13.2 Å². The number of hydrogen-bond donors (Lipinski definition) is 0. The van der Waals surface area contributed by atoms with Crippen molar-refractivity contribution in [3.8, 4) is 0 Å². The van der Waals surface area contributed by atoms with E-state index in [2.05, 4.69) is 98.1 Å². The molecular weight excluding hydrogens is 415 g/mol. The summed E-state index contributed by atoms with van der Waals surface area (Å²) in [6, 6.07) is 30.0. The molecule has 8 heteroatoms. The van der Waals surface area contributed by atoms with Crippen molar-refractivity contribution in [1.29, 1.82) is 0 Å². The van der Waals surface area contributed by atoms with Crippen molar-refractivity contribution < 1.29 is 26.1 Å². The molecule has 0 radical (unpaired) electrons. The Morgan fingerprint density at radius 1 is 0.800 bits per heavy atom. The molecule has 1 unspecified atom stereocenters. The van der Waals surface area contributed by atoms with Gasteiger partial charge in [-0.05, 0) is 30.3 Å². The molecule has 30 heavy (non-hydrogen) atoms. The molecule has 1 heterocycles. The summed E-state index contributed by atoms with van der Waals surface area (Å²) < 4.78 is 59.6. The van der Waals surface area contributed by atoms with Gasteiger partial charge in [0, 0.05) is 23.3 Å². The summed E-state index contributed by atoms with van der Waals surface area (Å²) in [5.74, 6) is 0. The minimum atomic E-state index is -6.09. The molecular formula is C22H18F3NO3S. The van der Waals surface area contributed by atoms with Crippen LogP contribution in [0, 0.1) is 0 Å². The smallest absolute Gasteiger partial charge is 0.485 e. The zero-order valence-electron chi connectivity index (χ0n) is 15.9. The standard InChI is InChI=1S/C21H18N.CHF3O3S/c1-22(19-13-6-3-7-14-19)20-15-9-8-12-18(20)16-21(22)17-10-4-2-5-11-17;2-1(3,4)8(5,6)7/h2-16H,1H3;(H,5,6,7)/q+1;/p-1. The Labute approximate surface area is 172 Å². The quantitative estimate of drug-likeness (QED) is 0.304. The Balaban J connectivity index is 0.000000275. The van der Waals surface area contributed by atoms with Crippen molar-refractivity contribution in [2.24, 2.45) is 0 Å². The third-order valence-corrected chi connectivity index (χ3v) is 5.39. The minimum Gasteiger partial charge on any atom is -0.741 e. The lowest BCUT2D eigenvalue weighted by Gasteiger charge is -2.32. The predicted molar refractivity (Wildman–Crippen MR) is 110 cm³/mol. The molecule has 1 atom stereocenters. The van der Waals surface area contributed by atoms with Crippen LogP contribution in [0.15, 0.2) is 84.9 Å². The van der Waals surface area contributed by atoms with Crippen LogP contribution >= 0.6 is 0 Å². The molecule has 1 aliphatic rings. The number of quaternary nitrogens is 1. The largest absolute Gasteiger partial charge is 0.741 e. The SMILES string of the molecule is C[N+]1(c2ccccc2)C(c2ccccc2)=Cc2ccccc21.O=S(=O)([O-])C(F)(F)F. The Morgan fingerprint density at radius 3 is 1.80 bits per heavy atom. The molecule has 1 aliphatic heterocycles. The van der Waals surface area contributed by atoms with Crippen LogP contribution in [-0.4, -0.2) is 25.5 Å². The van der Waals surface area contributed by atoms with E-state index in [1.807, 2.05) is 0 Å². The number of halogens is 3. The molecule has 4 nitrogen and oxygen atoms in total. The number of rotatable bonds is 2. The zero-order valence-corrected chi connectivity index (χ0v) is 16.7. The van der Waals surface area contributed by atoms with Gasteiger partial charge in [-0.3, -0.25) is 0 Å². The van der Waals surface area contributed by atoms with Gasteiger partial charge in [0.15, 0.2) is 15.8 Å². The lowest BCUT2D eigenvalue weighted by Crippen LogP contribution is -2.35. The number of hydrogen-bond acceptors (Lipinski definition) is 3. The van der Waals surface area contributed by atoms with E-state index < -0.39 is 15.6 Å². The van der Waals surface area contributed by atoms with Crippen LogP contribution in [0.25, 0.3) is 11.8 Å². The van der Waals surface area contributed by atoms with Crippen molar-refractivity contribution in [2.75, 3.05) is 7.05 Å². The van der Waals surface area contributed by atoms with E-state index in [-0.39, 0.29) is 0 Å². The third-order valence-electron chi connectivity index (χ3n) is 4.82. The highest BCUT2D eigenvalue weighted by Crippen LogP contribution is 2.49.